The number of aromatic carboxylic acids is 1. The largest absolute Gasteiger partial charge is 0.478 e. The molecule has 19 heavy (non-hydrogen) atoms. The lowest BCUT2D eigenvalue weighted by Gasteiger charge is -2.10. The molecule has 0 saturated heterocycles. The number of hydrogen-bond donors (Lipinski definition) is 3. The number of halogens is 1. The minimum absolute atomic E-state index is 0.107. The summed E-state index contributed by atoms with van der Waals surface area (Å²) in [6.45, 7) is 2.00. The zero-order chi connectivity index (χ0) is 14.0. The number of benzene rings is 2. The number of anilines is 3. The van der Waals surface area contributed by atoms with Gasteiger partial charge in [0.2, 0.25) is 0 Å². The number of carboxylic acids is 1. The van der Waals surface area contributed by atoms with Crippen LogP contribution in [0.1, 0.15) is 15.9 Å². The van der Waals surface area contributed by atoms with E-state index in [1.54, 1.807) is 12.1 Å². The molecule has 0 heterocycles. The fraction of sp³-hybridized carbons (Fsp3) is 0.0714. The number of aryl methyl sites for hydroxylation is 1. The molecule has 2 aromatic carbocycles. The van der Waals surface area contributed by atoms with Crippen molar-refractivity contribution in [3.63, 3.8) is 0 Å². The Morgan fingerprint density at radius 3 is 2.53 bits per heavy atom. The quantitative estimate of drug-likeness (QED) is 0.752. The van der Waals surface area contributed by atoms with Gasteiger partial charge in [-0.25, -0.2) is 4.79 Å². The zero-order valence-electron chi connectivity index (χ0n) is 10.3. The molecule has 0 aliphatic rings. The van der Waals surface area contributed by atoms with Gasteiger partial charge in [0.05, 0.1) is 5.56 Å². The minimum atomic E-state index is -1.03. The van der Waals surface area contributed by atoms with Crippen molar-refractivity contribution in [1.29, 1.82) is 0 Å². The molecule has 2 aromatic rings. The van der Waals surface area contributed by atoms with E-state index in [1.165, 1.54) is 6.07 Å². The molecule has 0 unspecified atom stereocenters. The Bertz CT molecular complexity index is 621. The van der Waals surface area contributed by atoms with Gasteiger partial charge in [0.1, 0.15) is 0 Å². The van der Waals surface area contributed by atoms with Gasteiger partial charge < -0.3 is 16.2 Å². The third-order valence-electron chi connectivity index (χ3n) is 2.61. The van der Waals surface area contributed by atoms with Crippen LogP contribution in [0.5, 0.6) is 0 Å². The second-order valence-electron chi connectivity index (χ2n) is 4.25. The first-order chi connectivity index (χ1) is 8.95. The van der Waals surface area contributed by atoms with Crippen molar-refractivity contribution >= 4 is 39.0 Å². The Balaban J connectivity index is 2.28. The SMILES string of the molecule is Cc1cc(Br)cc(Nc2ccc(C(=O)O)c(N)c2)c1. The number of carboxylic acid groups (broad SMARTS) is 1. The minimum Gasteiger partial charge on any atom is -0.478 e. The van der Waals surface area contributed by atoms with Crippen molar-refractivity contribution in [2.24, 2.45) is 0 Å². The maximum atomic E-state index is 10.9. The third-order valence-corrected chi connectivity index (χ3v) is 3.07. The van der Waals surface area contributed by atoms with Gasteiger partial charge in [0, 0.05) is 21.5 Å². The number of nitrogens with one attached hydrogen (secondary N) is 1. The van der Waals surface area contributed by atoms with E-state index in [0.717, 1.165) is 21.4 Å². The van der Waals surface area contributed by atoms with Crippen LogP contribution in [0.15, 0.2) is 40.9 Å². The van der Waals surface area contributed by atoms with Crippen molar-refractivity contribution in [1.82, 2.24) is 0 Å². The van der Waals surface area contributed by atoms with E-state index in [1.807, 2.05) is 25.1 Å². The van der Waals surface area contributed by atoms with Gasteiger partial charge in [-0.05, 0) is 48.9 Å². The average molecular weight is 321 g/mol. The first kappa shape index (κ1) is 13.4. The number of carbonyl (C=O) groups is 1. The Labute approximate surface area is 119 Å². The number of rotatable bonds is 3. The van der Waals surface area contributed by atoms with Crippen LogP contribution >= 0.6 is 15.9 Å². The number of nitrogens with two attached hydrogens (primary N) is 1. The molecule has 4 nitrogen and oxygen atoms in total. The lowest BCUT2D eigenvalue weighted by Crippen LogP contribution is -2.03. The Kier molecular flexibility index (Phi) is 3.76. The predicted octanol–water partition coefficient (Wildman–Crippen LogP) is 3.78. The van der Waals surface area contributed by atoms with E-state index in [2.05, 4.69) is 21.2 Å². The van der Waals surface area contributed by atoms with Crippen molar-refractivity contribution in [2.45, 2.75) is 6.92 Å². The maximum absolute atomic E-state index is 10.9. The molecule has 5 heteroatoms. The standard InChI is InChI=1S/C14H13BrN2O2/c1-8-4-9(15)6-11(5-8)17-10-2-3-12(14(18)19)13(16)7-10/h2-7,17H,16H2,1H3,(H,18,19). The summed E-state index contributed by atoms with van der Waals surface area (Å²) in [5, 5.41) is 12.1. The highest BCUT2D eigenvalue weighted by Gasteiger charge is 2.08. The summed E-state index contributed by atoms with van der Waals surface area (Å²) in [4.78, 5) is 10.9. The van der Waals surface area contributed by atoms with E-state index < -0.39 is 5.97 Å². The van der Waals surface area contributed by atoms with Crippen LogP contribution in [0.4, 0.5) is 17.1 Å². The predicted molar refractivity (Wildman–Crippen MR) is 80.0 cm³/mol. The summed E-state index contributed by atoms with van der Waals surface area (Å²) < 4.78 is 0.977. The van der Waals surface area contributed by atoms with Crippen molar-refractivity contribution in [2.75, 3.05) is 11.1 Å². The van der Waals surface area contributed by atoms with Gasteiger partial charge >= 0.3 is 5.97 Å². The van der Waals surface area contributed by atoms with E-state index in [0.29, 0.717) is 0 Å². The van der Waals surface area contributed by atoms with Crippen molar-refractivity contribution in [3.8, 4) is 0 Å². The third kappa shape index (κ3) is 3.26. The molecule has 0 aliphatic heterocycles. The normalized spacial score (nSPS) is 10.2. The molecule has 0 fully saturated rings. The summed E-state index contributed by atoms with van der Waals surface area (Å²) in [6, 6.07) is 10.7. The average Bonchev–Trinajstić information content (AvgIpc) is 2.26. The Morgan fingerprint density at radius 2 is 1.95 bits per heavy atom. The molecule has 0 amide bonds. The lowest BCUT2D eigenvalue weighted by atomic mass is 10.1. The molecule has 0 saturated carbocycles. The number of nitrogen functional groups attached to an aromatic ring is 1. The van der Waals surface area contributed by atoms with Gasteiger partial charge in [-0.3, -0.25) is 0 Å². The molecule has 0 spiro atoms. The van der Waals surface area contributed by atoms with Crippen LogP contribution in [0, 0.1) is 6.92 Å². The molecule has 0 atom stereocenters. The van der Waals surface area contributed by atoms with Crippen LogP contribution in [0.3, 0.4) is 0 Å². The fourth-order valence-corrected chi connectivity index (χ4v) is 2.42. The molecule has 2 rings (SSSR count). The molecule has 0 aliphatic carbocycles. The van der Waals surface area contributed by atoms with E-state index in [4.69, 9.17) is 10.8 Å². The van der Waals surface area contributed by atoms with Crippen molar-refractivity contribution in [3.05, 3.63) is 52.0 Å². The summed E-state index contributed by atoms with van der Waals surface area (Å²) in [6.07, 6.45) is 0. The molecule has 4 N–H and O–H groups in total. The molecule has 0 radical (unpaired) electrons. The van der Waals surface area contributed by atoms with Crippen LogP contribution in [0.2, 0.25) is 0 Å². The first-order valence-electron chi connectivity index (χ1n) is 5.63. The maximum Gasteiger partial charge on any atom is 0.337 e. The molecular weight excluding hydrogens is 308 g/mol. The van der Waals surface area contributed by atoms with Crippen LogP contribution in [-0.4, -0.2) is 11.1 Å². The highest BCUT2D eigenvalue weighted by molar-refractivity contribution is 9.10. The van der Waals surface area contributed by atoms with Crippen LogP contribution in [0.25, 0.3) is 0 Å². The highest BCUT2D eigenvalue weighted by Crippen LogP contribution is 2.25. The van der Waals surface area contributed by atoms with E-state index in [9.17, 15) is 4.79 Å². The topological polar surface area (TPSA) is 75.3 Å². The molecule has 98 valence electrons. The first-order valence-corrected chi connectivity index (χ1v) is 6.42. The highest BCUT2D eigenvalue weighted by atomic mass is 79.9. The fourth-order valence-electron chi connectivity index (χ4n) is 1.81. The second kappa shape index (κ2) is 5.32. The number of hydrogen-bond acceptors (Lipinski definition) is 3. The molecular formula is C14H13BrN2O2. The van der Waals surface area contributed by atoms with Gasteiger partial charge in [-0.15, -0.1) is 0 Å². The summed E-state index contributed by atoms with van der Waals surface area (Å²) >= 11 is 3.43. The van der Waals surface area contributed by atoms with E-state index in [-0.39, 0.29) is 11.3 Å². The monoisotopic (exact) mass is 320 g/mol. The van der Waals surface area contributed by atoms with Gasteiger partial charge in [0.25, 0.3) is 0 Å². The smallest absolute Gasteiger partial charge is 0.337 e. The lowest BCUT2D eigenvalue weighted by molar-refractivity contribution is 0.0698. The molecule has 0 bridgehead atoms. The van der Waals surface area contributed by atoms with Gasteiger partial charge in [-0.1, -0.05) is 15.9 Å². The van der Waals surface area contributed by atoms with Crippen LogP contribution in [-0.2, 0) is 0 Å². The van der Waals surface area contributed by atoms with E-state index >= 15 is 0 Å². The van der Waals surface area contributed by atoms with Gasteiger partial charge in [-0.2, -0.15) is 0 Å². The summed E-state index contributed by atoms with van der Waals surface area (Å²) in [5.41, 5.74) is 8.83. The summed E-state index contributed by atoms with van der Waals surface area (Å²) in [5.74, 6) is -1.03. The van der Waals surface area contributed by atoms with Crippen LogP contribution < -0.4 is 11.1 Å². The Hall–Kier alpha value is -2.01. The molecule has 0 aromatic heterocycles. The van der Waals surface area contributed by atoms with Crippen molar-refractivity contribution < 1.29 is 9.90 Å². The Morgan fingerprint density at radius 1 is 1.21 bits per heavy atom. The van der Waals surface area contributed by atoms with Gasteiger partial charge in [0.15, 0.2) is 0 Å². The second-order valence-corrected chi connectivity index (χ2v) is 5.17. The zero-order valence-corrected chi connectivity index (χ0v) is 11.9. The summed E-state index contributed by atoms with van der Waals surface area (Å²) in [7, 11) is 0.